The number of aryl methyl sites for hydroxylation is 1. The van der Waals surface area contributed by atoms with E-state index in [4.69, 9.17) is 11.6 Å². The fraction of sp³-hybridized carbons (Fsp3) is 0.423. The summed E-state index contributed by atoms with van der Waals surface area (Å²) in [5, 5.41) is 9.35. The van der Waals surface area contributed by atoms with Crippen molar-refractivity contribution < 1.29 is 14.4 Å². The Labute approximate surface area is 206 Å². The van der Waals surface area contributed by atoms with E-state index in [1.807, 2.05) is 39.0 Å². The summed E-state index contributed by atoms with van der Waals surface area (Å²) in [4.78, 5) is 40.5. The minimum absolute atomic E-state index is 0.0737. The summed E-state index contributed by atoms with van der Waals surface area (Å²) in [6.45, 7) is 7.45. The van der Waals surface area contributed by atoms with Crippen LogP contribution >= 0.6 is 11.6 Å². The minimum Gasteiger partial charge on any atom is -0.354 e. The molecule has 1 heterocycles. The van der Waals surface area contributed by atoms with Gasteiger partial charge in [0.15, 0.2) is 0 Å². The van der Waals surface area contributed by atoms with Crippen LogP contribution in [0.25, 0.3) is 0 Å². The van der Waals surface area contributed by atoms with Crippen molar-refractivity contribution in [2.45, 2.75) is 39.7 Å². The molecule has 3 N–H and O–H groups in total. The second-order valence-electron chi connectivity index (χ2n) is 9.17. The Balaban J connectivity index is 1.65. The van der Waals surface area contributed by atoms with Crippen molar-refractivity contribution in [1.29, 1.82) is 0 Å². The van der Waals surface area contributed by atoms with E-state index in [0.717, 1.165) is 5.56 Å². The number of amides is 4. The van der Waals surface area contributed by atoms with Crippen LogP contribution < -0.4 is 16.0 Å². The number of hydrogen-bond acceptors (Lipinski definition) is 3. The van der Waals surface area contributed by atoms with Gasteiger partial charge in [-0.3, -0.25) is 9.59 Å². The van der Waals surface area contributed by atoms with E-state index >= 15 is 0 Å². The SMILES string of the molecule is Cc1ccccc1C(=O)N[C@H](C(=O)NCC(C)C)C1CCN(C(=O)Nc2cccc(Cl)c2)CC1. The van der Waals surface area contributed by atoms with E-state index in [9.17, 15) is 14.4 Å². The predicted octanol–water partition coefficient (Wildman–Crippen LogP) is 4.46. The zero-order chi connectivity index (χ0) is 24.7. The molecule has 0 bridgehead atoms. The summed E-state index contributed by atoms with van der Waals surface area (Å²) in [6, 6.07) is 13.5. The lowest BCUT2D eigenvalue weighted by Gasteiger charge is -2.36. The number of rotatable bonds is 7. The van der Waals surface area contributed by atoms with Crippen LogP contribution in [-0.4, -0.2) is 48.4 Å². The van der Waals surface area contributed by atoms with E-state index in [2.05, 4.69) is 16.0 Å². The molecule has 34 heavy (non-hydrogen) atoms. The first-order valence-corrected chi connectivity index (χ1v) is 12.1. The highest BCUT2D eigenvalue weighted by Gasteiger charge is 2.34. The molecule has 182 valence electrons. The molecule has 1 aliphatic rings. The zero-order valence-electron chi connectivity index (χ0n) is 19.9. The van der Waals surface area contributed by atoms with Gasteiger partial charge in [-0.05, 0) is 61.4 Å². The van der Waals surface area contributed by atoms with Gasteiger partial charge in [-0.25, -0.2) is 4.79 Å². The number of likely N-dealkylation sites (tertiary alicyclic amines) is 1. The summed E-state index contributed by atoms with van der Waals surface area (Å²) in [6.07, 6.45) is 1.22. The molecule has 1 aliphatic heterocycles. The van der Waals surface area contributed by atoms with Gasteiger partial charge in [0, 0.05) is 35.9 Å². The number of piperidine rings is 1. The monoisotopic (exact) mass is 484 g/mol. The Morgan fingerprint density at radius 1 is 1.06 bits per heavy atom. The fourth-order valence-electron chi connectivity index (χ4n) is 4.06. The molecular formula is C26H33ClN4O3. The van der Waals surface area contributed by atoms with Gasteiger partial charge in [-0.2, -0.15) is 0 Å². The number of anilines is 1. The highest BCUT2D eigenvalue weighted by Crippen LogP contribution is 2.23. The number of nitrogens with zero attached hydrogens (tertiary/aromatic N) is 1. The quantitative estimate of drug-likeness (QED) is 0.541. The van der Waals surface area contributed by atoms with Crippen LogP contribution in [0.4, 0.5) is 10.5 Å². The second kappa shape index (κ2) is 11.9. The molecule has 1 saturated heterocycles. The van der Waals surface area contributed by atoms with Crippen LogP contribution in [0.5, 0.6) is 0 Å². The number of benzene rings is 2. The van der Waals surface area contributed by atoms with Crippen LogP contribution in [0.2, 0.25) is 5.02 Å². The van der Waals surface area contributed by atoms with Crippen LogP contribution in [0.1, 0.15) is 42.6 Å². The maximum absolute atomic E-state index is 13.1. The van der Waals surface area contributed by atoms with Crippen LogP contribution in [-0.2, 0) is 4.79 Å². The Bertz CT molecular complexity index is 1020. The number of halogens is 1. The number of urea groups is 1. The van der Waals surface area contributed by atoms with Gasteiger partial charge in [-0.1, -0.05) is 49.7 Å². The third-order valence-electron chi connectivity index (χ3n) is 6.02. The van der Waals surface area contributed by atoms with Crippen LogP contribution in [0.15, 0.2) is 48.5 Å². The minimum atomic E-state index is -0.663. The largest absolute Gasteiger partial charge is 0.354 e. The molecule has 2 aromatic rings. The van der Waals surface area contributed by atoms with Gasteiger partial charge < -0.3 is 20.9 Å². The highest BCUT2D eigenvalue weighted by atomic mass is 35.5. The zero-order valence-corrected chi connectivity index (χ0v) is 20.7. The first-order valence-electron chi connectivity index (χ1n) is 11.7. The molecule has 0 spiro atoms. The third-order valence-corrected chi connectivity index (χ3v) is 6.25. The third kappa shape index (κ3) is 6.97. The van der Waals surface area contributed by atoms with Crippen molar-refractivity contribution >= 4 is 35.1 Å². The first kappa shape index (κ1) is 25.6. The lowest BCUT2D eigenvalue weighted by atomic mass is 9.88. The molecule has 2 aromatic carbocycles. The second-order valence-corrected chi connectivity index (χ2v) is 9.61. The molecule has 0 aliphatic carbocycles. The molecule has 7 nitrogen and oxygen atoms in total. The lowest BCUT2D eigenvalue weighted by Crippen LogP contribution is -2.54. The van der Waals surface area contributed by atoms with Gasteiger partial charge in [0.05, 0.1) is 0 Å². The van der Waals surface area contributed by atoms with E-state index in [0.29, 0.717) is 54.7 Å². The van der Waals surface area contributed by atoms with Gasteiger partial charge in [0.2, 0.25) is 5.91 Å². The van der Waals surface area contributed by atoms with E-state index in [1.54, 1.807) is 35.2 Å². The van der Waals surface area contributed by atoms with Crippen molar-refractivity contribution in [3.63, 3.8) is 0 Å². The molecule has 0 unspecified atom stereocenters. The maximum Gasteiger partial charge on any atom is 0.321 e. The molecule has 1 atom stereocenters. The Morgan fingerprint density at radius 2 is 1.76 bits per heavy atom. The average Bonchev–Trinajstić information content (AvgIpc) is 2.81. The van der Waals surface area contributed by atoms with Crippen LogP contribution in [0, 0.1) is 18.8 Å². The Hall–Kier alpha value is -3.06. The van der Waals surface area contributed by atoms with Crippen molar-refractivity contribution in [2.75, 3.05) is 25.0 Å². The average molecular weight is 485 g/mol. The highest BCUT2D eigenvalue weighted by molar-refractivity contribution is 6.30. The van der Waals surface area contributed by atoms with Gasteiger partial charge in [-0.15, -0.1) is 0 Å². The smallest absolute Gasteiger partial charge is 0.321 e. The number of nitrogens with one attached hydrogen (secondary N) is 3. The predicted molar refractivity (Wildman–Crippen MR) is 135 cm³/mol. The lowest BCUT2D eigenvalue weighted by molar-refractivity contribution is -0.124. The topological polar surface area (TPSA) is 90.5 Å². The number of carbonyl (C=O) groups is 3. The molecular weight excluding hydrogens is 452 g/mol. The normalized spacial score (nSPS) is 15.0. The van der Waals surface area contributed by atoms with Crippen LogP contribution in [0.3, 0.4) is 0 Å². The molecule has 0 radical (unpaired) electrons. The molecule has 0 aromatic heterocycles. The van der Waals surface area contributed by atoms with E-state index < -0.39 is 6.04 Å². The summed E-state index contributed by atoms with van der Waals surface area (Å²) < 4.78 is 0. The Morgan fingerprint density at radius 3 is 2.41 bits per heavy atom. The van der Waals surface area contributed by atoms with Gasteiger partial charge in [0.1, 0.15) is 6.04 Å². The molecule has 3 rings (SSSR count). The molecule has 4 amide bonds. The van der Waals surface area contributed by atoms with Crippen molar-refractivity contribution in [1.82, 2.24) is 15.5 Å². The first-order chi connectivity index (χ1) is 16.2. The molecule has 1 fully saturated rings. The van der Waals surface area contributed by atoms with Gasteiger partial charge >= 0.3 is 6.03 Å². The number of carbonyl (C=O) groups excluding carboxylic acids is 3. The fourth-order valence-corrected chi connectivity index (χ4v) is 4.25. The summed E-state index contributed by atoms with van der Waals surface area (Å²) in [7, 11) is 0. The number of hydrogen-bond donors (Lipinski definition) is 3. The maximum atomic E-state index is 13.1. The van der Waals surface area contributed by atoms with Gasteiger partial charge in [0.25, 0.3) is 5.91 Å². The Kier molecular flexibility index (Phi) is 8.93. The van der Waals surface area contributed by atoms with Crippen molar-refractivity contribution in [3.05, 3.63) is 64.7 Å². The summed E-state index contributed by atoms with van der Waals surface area (Å²) in [5.41, 5.74) is 2.05. The molecule has 0 saturated carbocycles. The van der Waals surface area contributed by atoms with Crippen molar-refractivity contribution in [3.8, 4) is 0 Å². The van der Waals surface area contributed by atoms with E-state index in [1.165, 1.54) is 0 Å². The van der Waals surface area contributed by atoms with Crippen molar-refractivity contribution in [2.24, 2.45) is 11.8 Å². The standard InChI is InChI=1S/C26H33ClN4O3/c1-17(2)16-28-25(33)23(30-24(32)22-10-5-4-7-18(22)3)19-11-13-31(14-12-19)26(34)29-21-9-6-8-20(27)15-21/h4-10,15,17,19,23H,11-14,16H2,1-3H3,(H,28,33)(H,29,34)(H,30,32)/t23-/m0/s1. The summed E-state index contributed by atoms with van der Waals surface area (Å²) in [5.74, 6) is -0.217. The van der Waals surface area contributed by atoms with E-state index in [-0.39, 0.29) is 23.8 Å². The molecule has 8 heteroatoms. The summed E-state index contributed by atoms with van der Waals surface area (Å²) >= 11 is 6.00.